The second-order valence-electron chi connectivity index (χ2n) is 6.39. The average Bonchev–Trinajstić information content (AvgIpc) is 2.48. The van der Waals surface area contributed by atoms with Crippen molar-refractivity contribution < 1.29 is 0 Å². The van der Waals surface area contributed by atoms with Crippen LogP contribution in [0.2, 0.25) is 0 Å². The Kier molecular flexibility index (Phi) is 4.12. The Morgan fingerprint density at radius 1 is 1.00 bits per heavy atom. The summed E-state index contributed by atoms with van der Waals surface area (Å²) >= 11 is 0. The topological polar surface area (TPSA) is 12.0 Å². The lowest BCUT2D eigenvalue weighted by atomic mass is 9.56. The van der Waals surface area contributed by atoms with Crippen molar-refractivity contribution in [2.75, 3.05) is 13.1 Å². The van der Waals surface area contributed by atoms with Crippen molar-refractivity contribution in [3.8, 4) is 0 Å². The Morgan fingerprint density at radius 2 is 1.67 bits per heavy atom. The molecule has 0 spiro atoms. The van der Waals surface area contributed by atoms with Gasteiger partial charge in [-0.3, -0.25) is 0 Å². The van der Waals surface area contributed by atoms with Gasteiger partial charge >= 0.3 is 0 Å². The molecule has 0 aromatic heterocycles. The number of aryl methyl sites for hydroxylation is 1. The van der Waals surface area contributed by atoms with Crippen LogP contribution in [0.3, 0.4) is 0 Å². The maximum absolute atomic E-state index is 3.59. The lowest BCUT2D eigenvalue weighted by Crippen LogP contribution is -2.48. The zero-order valence-corrected chi connectivity index (χ0v) is 13.1. The third-order valence-corrected chi connectivity index (χ3v) is 4.98. The standard InChI is InChI=1S/C20H25N/c1-3-21-15-20(19-12-8-7-9-16(19)2)13-18(14-20)17-10-5-4-6-11-17/h4-12,18,21H,3,13-15H2,1-2H3. The van der Waals surface area contributed by atoms with Gasteiger partial charge in [-0.25, -0.2) is 0 Å². The average molecular weight is 279 g/mol. The molecule has 1 aliphatic rings. The molecule has 110 valence electrons. The van der Waals surface area contributed by atoms with Crippen molar-refractivity contribution >= 4 is 0 Å². The first-order valence-corrected chi connectivity index (χ1v) is 8.07. The minimum absolute atomic E-state index is 0.321. The highest BCUT2D eigenvalue weighted by molar-refractivity contribution is 5.39. The first kappa shape index (κ1) is 14.3. The van der Waals surface area contributed by atoms with Crippen LogP contribution in [-0.4, -0.2) is 13.1 Å². The molecule has 1 saturated carbocycles. The van der Waals surface area contributed by atoms with Gasteiger partial charge in [0.1, 0.15) is 0 Å². The molecule has 1 heteroatoms. The molecule has 1 fully saturated rings. The van der Waals surface area contributed by atoms with Crippen LogP contribution in [0.1, 0.15) is 42.4 Å². The molecule has 1 aliphatic carbocycles. The van der Waals surface area contributed by atoms with E-state index in [1.54, 1.807) is 0 Å². The lowest BCUT2D eigenvalue weighted by Gasteiger charge is -2.49. The summed E-state index contributed by atoms with van der Waals surface area (Å²) in [6, 6.07) is 19.9. The van der Waals surface area contributed by atoms with E-state index in [0.717, 1.165) is 13.1 Å². The van der Waals surface area contributed by atoms with E-state index < -0.39 is 0 Å². The molecule has 0 aliphatic heterocycles. The van der Waals surface area contributed by atoms with Crippen LogP contribution < -0.4 is 5.32 Å². The zero-order chi connectivity index (χ0) is 14.7. The molecular weight excluding hydrogens is 254 g/mol. The van der Waals surface area contributed by atoms with Gasteiger partial charge in [-0.05, 0) is 48.9 Å². The van der Waals surface area contributed by atoms with Crippen LogP contribution in [0.4, 0.5) is 0 Å². The summed E-state index contributed by atoms with van der Waals surface area (Å²) in [6.07, 6.45) is 2.52. The zero-order valence-electron chi connectivity index (χ0n) is 13.1. The van der Waals surface area contributed by atoms with Crippen LogP contribution in [-0.2, 0) is 5.41 Å². The minimum Gasteiger partial charge on any atom is -0.316 e. The number of likely N-dealkylation sites (N-methyl/N-ethyl adjacent to an activating group) is 1. The van der Waals surface area contributed by atoms with Crippen LogP contribution in [0.15, 0.2) is 54.6 Å². The molecule has 3 rings (SSSR count). The van der Waals surface area contributed by atoms with Crippen molar-refractivity contribution in [1.29, 1.82) is 0 Å². The van der Waals surface area contributed by atoms with E-state index in [9.17, 15) is 0 Å². The first-order chi connectivity index (χ1) is 10.2. The largest absolute Gasteiger partial charge is 0.316 e. The van der Waals surface area contributed by atoms with E-state index in [-0.39, 0.29) is 0 Å². The highest BCUT2D eigenvalue weighted by atomic mass is 14.9. The van der Waals surface area contributed by atoms with Crippen molar-refractivity contribution in [2.45, 2.75) is 38.0 Å². The Morgan fingerprint density at radius 3 is 2.33 bits per heavy atom. The fourth-order valence-electron chi connectivity index (χ4n) is 3.84. The van der Waals surface area contributed by atoms with E-state index in [1.807, 2.05) is 0 Å². The van der Waals surface area contributed by atoms with Crippen molar-refractivity contribution in [1.82, 2.24) is 5.32 Å². The number of benzene rings is 2. The number of hydrogen-bond donors (Lipinski definition) is 1. The number of rotatable bonds is 5. The van der Waals surface area contributed by atoms with Gasteiger partial charge in [-0.2, -0.15) is 0 Å². The van der Waals surface area contributed by atoms with Crippen LogP contribution in [0, 0.1) is 6.92 Å². The molecule has 0 unspecified atom stereocenters. The predicted octanol–water partition coefficient (Wildman–Crippen LogP) is 4.42. The van der Waals surface area contributed by atoms with Crippen molar-refractivity contribution in [2.24, 2.45) is 0 Å². The normalized spacial score (nSPS) is 24.6. The molecule has 0 saturated heterocycles. The molecular formula is C20H25N. The SMILES string of the molecule is CCNCC1(c2ccccc2C)CC(c2ccccc2)C1. The monoisotopic (exact) mass is 279 g/mol. The fraction of sp³-hybridized carbons (Fsp3) is 0.400. The van der Waals surface area contributed by atoms with E-state index in [2.05, 4.69) is 73.8 Å². The van der Waals surface area contributed by atoms with Gasteiger partial charge in [0.25, 0.3) is 0 Å². The molecule has 0 atom stereocenters. The summed E-state index contributed by atoms with van der Waals surface area (Å²) in [5, 5.41) is 3.59. The van der Waals surface area contributed by atoms with Crippen LogP contribution in [0.25, 0.3) is 0 Å². The third-order valence-electron chi connectivity index (χ3n) is 4.98. The van der Waals surface area contributed by atoms with Crippen LogP contribution in [0.5, 0.6) is 0 Å². The van der Waals surface area contributed by atoms with E-state index in [0.29, 0.717) is 11.3 Å². The van der Waals surface area contributed by atoms with Gasteiger partial charge in [0.2, 0.25) is 0 Å². The lowest BCUT2D eigenvalue weighted by molar-refractivity contribution is 0.194. The highest BCUT2D eigenvalue weighted by Gasteiger charge is 2.46. The summed E-state index contributed by atoms with van der Waals surface area (Å²) in [7, 11) is 0. The van der Waals surface area contributed by atoms with Gasteiger partial charge in [-0.1, -0.05) is 61.5 Å². The summed E-state index contributed by atoms with van der Waals surface area (Å²) in [4.78, 5) is 0. The molecule has 1 nitrogen and oxygen atoms in total. The molecule has 21 heavy (non-hydrogen) atoms. The second-order valence-corrected chi connectivity index (χ2v) is 6.39. The van der Waals surface area contributed by atoms with E-state index in [1.165, 1.54) is 29.5 Å². The molecule has 0 heterocycles. The number of hydrogen-bond acceptors (Lipinski definition) is 1. The maximum atomic E-state index is 3.59. The molecule has 2 aromatic carbocycles. The van der Waals surface area contributed by atoms with Gasteiger partial charge < -0.3 is 5.32 Å². The van der Waals surface area contributed by atoms with Gasteiger partial charge in [-0.15, -0.1) is 0 Å². The summed E-state index contributed by atoms with van der Waals surface area (Å²) < 4.78 is 0. The highest BCUT2D eigenvalue weighted by Crippen LogP contribution is 2.52. The van der Waals surface area contributed by atoms with Crippen molar-refractivity contribution in [3.05, 3.63) is 71.3 Å². The van der Waals surface area contributed by atoms with Gasteiger partial charge in [0.15, 0.2) is 0 Å². The predicted molar refractivity (Wildman–Crippen MR) is 89.8 cm³/mol. The smallest absolute Gasteiger partial charge is 0.00920 e. The second kappa shape index (κ2) is 6.03. The summed E-state index contributed by atoms with van der Waals surface area (Å²) in [5.41, 5.74) is 4.79. The number of nitrogens with one attached hydrogen (secondary N) is 1. The first-order valence-electron chi connectivity index (χ1n) is 8.07. The quantitative estimate of drug-likeness (QED) is 0.854. The summed E-state index contributed by atoms with van der Waals surface area (Å²) in [6.45, 7) is 6.58. The minimum atomic E-state index is 0.321. The summed E-state index contributed by atoms with van der Waals surface area (Å²) in [5.74, 6) is 0.712. The van der Waals surface area contributed by atoms with Gasteiger partial charge in [0, 0.05) is 12.0 Å². The van der Waals surface area contributed by atoms with Crippen molar-refractivity contribution in [3.63, 3.8) is 0 Å². The molecule has 2 aromatic rings. The Balaban J connectivity index is 1.83. The third kappa shape index (κ3) is 2.75. The van der Waals surface area contributed by atoms with E-state index >= 15 is 0 Å². The molecule has 0 radical (unpaired) electrons. The van der Waals surface area contributed by atoms with E-state index in [4.69, 9.17) is 0 Å². The molecule has 1 N–H and O–H groups in total. The van der Waals surface area contributed by atoms with Gasteiger partial charge in [0.05, 0.1) is 0 Å². The Bertz CT molecular complexity index is 582. The molecule has 0 bridgehead atoms. The van der Waals surface area contributed by atoms with Crippen LogP contribution >= 0.6 is 0 Å². The fourth-order valence-corrected chi connectivity index (χ4v) is 3.84. The Hall–Kier alpha value is -1.60. The molecule has 0 amide bonds. The Labute approximate surface area is 128 Å². The maximum Gasteiger partial charge on any atom is 0.00920 e.